The zero-order valence-electron chi connectivity index (χ0n) is 18.2. The maximum Gasteiger partial charge on any atom is 0.416 e. The van der Waals surface area contributed by atoms with Crippen molar-refractivity contribution >= 4 is 5.91 Å². The number of fused-ring (bicyclic) bond motifs is 1. The Morgan fingerprint density at radius 3 is 2.12 bits per heavy atom. The number of alkyl halides is 6. The summed E-state index contributed by atoms with van der Waals surface area (Å²) in [5.41, 5.74) is -0.978. The van der Waals surface area contributed by atoms with E-state index in [-0.39, 0.29) is 11.6 Å². The van der Waals surface area contributed by atoms with E-state index in [4.69, 9.17) is 0 Å². The fourth-order valence-electron chi connectivity index (χ4n) is 3.83. The van der Waals surface area contributed by atoms with Crippen LogP contribution in [0, 0.1) is 0 Å². The average molecular weight is 473 g/mol. The molecule has 3 rings (SSSR count). The number of rotatable bonds is 6. The molecule has 1 heterocycles. The zero-order valence-corrected chi connectivity index (χ0v) is 18.2. The normalized spacial score (nSPS) is 17.2. The maximum absolute atomic E-state index is 13.1. The molecule has 0 aromatic heterocycles. The molecule has 1 unspecified atom stereocenters. The molecule has 1 N–H and O–H groups in total. The molecule has 1 aliphatic heterocycles. The van der Waals surface area contributed by atoms with Gasteiger partial charge in [-0.2, -0.15) is 26.3 Å². The Bertz CT molecular complexity index is 955. The molecule has 33 heavy (non-hydrogen) atoms. The van der Waals surface area contributed by atoms with Gasteiger partial charge in [0.25, 0.3) is 0 Å². The van der Waals surface area contributed by atoms with Gasteiger partial charge in [-0.05, 0) is 55.4 Å². The van der Waals surface area contributed by atoms with E-state index in [0.29, 0.717) is 38.2 Å². The van der Waals surface area contributed by atoms with Gasteiger partial charge < -0.3 is 10.2 Å². The van der Waals surface area contributed by atoms with Crippen molar-refractivity contribution in [1.82, 2.24) is 15.1 Å². The first-order valence-corrected chi connectivity index (χ1v) is 10.4. The lowest BCUT2D eigenvalue weighted by atomic mass is 9.93. The van der Waals surface area contributed by atoms with Crippen molar-refractivity contribution in [3.8, 4) is 0 Å². The number of carbonyl (C=O) groups excluding carboxylic acids is 1. The standard InChI is InChI=1S/C23H25F6N3O/c1-31(2)7-8-32-14-17-6-4-3-5-16(17)11-20(32)21(33)30-13-15-9-18(22(24,25)26)12-19(10-15)23(27,28)29/h3-6,9-10,12,20H,7-8,11,13-14H2,1-2H3,(H,30,33). The van der Waals surface area contributed by atoms with Crippen LogP contribution in [-0.2, 0) is 36.7 Å². The summed E-state index contributed by atoms with van der Waals surface area (Å²) < 4.78 is 78.6. The third-order valence-corrected chi connectivity index (χ3v) is 5.60. The summed E-state index contributed by atoms with van der Waals surface area (Å²) in [6.45, 7) is 1.37. The van der Waals surface area contributed by atoms with Gasteiger partial charge >= 0.3 is 12.4 Å². The molecule has 180 valence electrons. The number of carbonyl (C=O) groups is 1. The van der Waals surface area contributed by atoms with Crippen LogP contribution in [0.1, 0.15) is 27.8 Å². The van der Waals surface area contributed by atoms with Crippen molar-refractivity contribution in [2.24, 2.45) is 0 Å². The summed E-state index contributed by atoms with van der Waals surface area (Å²) in [7, 11) is 3.80. The molecule has 1 aliphatic rings. The van der Waals surface area contributed by atoms with Crippen LogP contribution in [0.15, 0.2) is 42.5 Å². The van der Waals surface area contributed by atoms with Crippen LogP contribution in [0.5, 0.6) is 0 Å². The van der Waals surface area contributed by atoms with Gasteiger partial charge in [0.15, 0.2) is 0 Å². The lowest BCUT2D eigenvalue weighted by molar-refractivity contribution is -0.143. The Hall–Kier alpha value is -2.59. The van der Waals surface area contributed by atoms with Crippen molar-refractivity contribution in [2.45, 2.75) is 37.9 Å². The minimum absolute atomic E-state index is 0.0758. The molecular formula is C23H25F6N3O. The molecule has 0 radical (unpaired) electrons. The van der Waals surface area contributed by atoms with Gasteiger partial charge in [-0.25, -0.2) is 0 Å². The van der Waals surface area contributed by atoms with Crippen LogP contribution in [-0.4, -0.2) is 48.9 Å². The highest BCUT2D eigenvalue weighted by atomic mass is 19.4. The van der Waals surface area contributed by atoms with Gasteiger partial charge in [0.05, 0.1) is 17.2 Å². The van der Waals surface area contributed by atoms with Crippen molar-refractivity contribution < 1.29 is 31.1 Å². The monoisotopic (exact) mass is 473 g/mol. The number of hydrogen-bond donors (Lipinski definition) is 1. The largest absolute Gasteiger partial charge is 0.416 e. The number of nitrogens with one attached hydrogen (secondary N) is 1. The number of amides is 1. The second kappa shape index (κ2) is 9.72. The molecule has 2 aromatic carbocycles. The minimum atomic E-state index is -4.93. The fraction of sp³-hybridized carbons (Fsp3) is 0.435. The Morgan fingerprint density at radius 1 is 1.00 bits per heavy atom. The summed E-state index contributed by atoms with van der Waals surface area (Å²) in [5.74, 6) is -0.436. The van der Waals surface area contributed by atoms with E-state index in [1.807, 2.05) is 48.2 Å². The summed E-state index contributed by atoms with van der Waals surface area (Å²) in [6.07, 6.45) is -9.46. The fourth-order valence-corrected chi connectivity index (χ4v) is 3.83. The lowest BCUT2D eigenvalue weighted by Crippen LogP contribution is -2.51. The van der Waals surface area contributed by atoms with Crippen LogP contribution in [0.2, 0.25) is 0 Å². The van der Waals surface area contributed by atoms with Gasteiger partial charge in [-0.15, -0.1) is 0 Å². The molecular weight excluding hydrogens is 448 g/mol. The zero-order chi connectivity index (χ0) is 24.4. The van der Waals surface area contributed by atoms with Crippen molar-refractivity contribution in [3.05, 3.63) is 70.3 Å². The lowest BCUT2D eigenvalue weighted by Gasteiger charge is -2.36. The minimum Gasteiger partial charge on any atom is -0.351 e. The van der Waals surface area contributed by atoms with Crippen LogP contribution in [0.25, 0.3) is 0 Å². The van der Waals surface area contributed by atoms with Gasteiger partial charge in [-0.3, -0.25) is 9.69 Å². The third-order valence-electron chi connectivity index (χ3n) is 5.60. The Labute approximate surface area is 188 Å². The predicted octanol–water partition coefficient (Wildman–Crippen LogP) is 4.33. The number of nitrogens with zero attached hydrogens (tertiary/aromatic N) is 2. The molecule has 1 amide bonds. The van der Waals surface area contributed by atoms with Crippen LogP contribution in [0.4, 0.5) is 26.3 Å². The first-order chi connectivity index (χ1) is 15.3. The number of halogens is 6. The second-order valence-corrected chi connectivity index (χ2v) is 8.39. The van der Waals surface area contributed by atoms with Gasteiger partial charge in [-0.1, -0.05) is 24.3 Å². The quantitative estimate of drug-likeness (QED) is 0.635. The third kappa shape index (κ3) is 6.48. The molecule has 0 spiro atoms. The van der Waals surface area contributed by atoms with E-state index in [1.165, 1.54) is 0 Å². The summed E-state index contributed by atoms with van der Waals surface area (Å²) in [4.78, 5) is 16.9. The van der Waals surface area contributed by atoms with E-state index in [2.05, 4.69) is 5.32 Å². The summed E-state index contributed by atoms with van der Waals surface area (Å²) in [5, 5.41) is 2.55. The topological polar surface area (TPSA) is 35.6 Å². The number of benzene rings is 2. The predicted molar refractivity (Wildman–Crippen MR) is 111 cm³/mol. The van der Waals surface area contributed by atoms with Crippen molar-refractivity contribution in [1.29, 1.82) is 0 Å². The SMILES string of the molecule is CN(C)CCN1Cc2ccccc2CC1C(=O)NCc1cc(C(F)(F)F)cc(C(F)(F)F)c1. The molecule has 0 aliphatic carbocycles. The van der Waals surface area contributed by atoms with E-state index in [1.54, 1.807) is 0 Å². The molecule has 0 bridgehead atoms. The van der Waals surface area contributed by atoms with Crippen molar-refractivity contribution in [2.75, 3.05) is 27.2 Å². The smallest absolute Gasteiger partial charge is 0.351 e. The van der Waals surface area contributed by atoms with Crippen LogP contribution in [0.3, 0.4) is 0 Å². The molecule has 2 aromatic rings. The summed E-state index contributed by atoms with van der Waals surface area (Å²) >= 11 is 0. The molecule has 10 heteroatoms. The van der Waals surface area contributed by atoms with Gasteiger partial charge in [0.1, 0.15) is 0 Å². The van der Waals surface area contributed by atoms with Crippen molar-refractivity contribution in [3.63, 3.8) is 0 Å². The average Bonchev–Trinajstić information content (AvgIpc) is 2.74. The first kappa shape index (κ1) is 25.0. The highest BCUT2D eigenvalue weighted by molar-refractivity contribution is 5.82. The molecule has 0 saturated heterocycles. The van der Waals surface area contributed by atoms with Gasteiger partial charge in [0, 0.05) is 26.2 Å². The van der Waals surface area contributed by atoms with E-state index < -0.39 is 42.0 Å². The Morgan fingerprint density at radius 2 is 1.58 bits per heavy atom. The van der Waals surface area contributed by atoms with Crippen LogP contribution < -0.4 is 5.32 Å². The number of likely N-dealkylation sites (N-methyl/N-ethyl adjacent to an activating group) is 1. The van der Waals surface area contributed by atoms with E-state index in [0.717, 1.165) is 11.1 Å². The van der Waals surface area contributed by atoms with Gasteiger partial charge in [0.2, 0.25) is 5.91 Å². The summed E-state index contributed by atoms with van der Waals surface area (Å²) in [6, 6.07) is 8.44. The van der Waals surface area contributed by atoms with Crippen LogP contribution >= 0.6 is 0 Å². The molecule has 0 fully saturated rings. The molecule has 4 nitrogen and oxygen atoms in total. The Kier molecular flexibility index (Phi) is 7.38. The molecule has 1 atom stereocenters. The van der Waals surface area contributed by atoms with E-state index >= 15 is 0 Å². The first-order valence-electron chi connectivity index (χ1n) is 10.4. The Balaban J connectivity index is 1.79. The highest BCUT2D eigenvalue weighted by Gasteiger charge is 2.37. The van der Waals surface area contributed by atoms with E-state index in [9.17, 15) is 31.1 Å². The number of hydrogen-bond acceptors (Lipinski definition) is 3. The molecule has 0 saturated carbocycles. The highest BCUT2D eigenvalue weighted by Crippen LogP contribution is 2.36. The second-order valence-electron chi connectivity index (χ2n) is 8.39. The maximum atomic E-state index is 13.1.